The van der Waals surface area contributed by atoms with Crippen molar-refractivity contribution in [2.75, 3.05) is 0 Å². The highest BCUT2D eigenvalue weighted by atomic mass is 16.5. The lowest BCUT2D eigenvalue weighted by Gasteiger charge is -2.09. The van der Waals surface area contributed by atoms with Gasteiger partial charge in [-0.1, -0.05) is 48.5 Å². The number of hydrogen-bond donors (Lipinski definition) is 1. The van der Waals surface area contributed by atoms with Gasteiger partial charge in [0.25, 0.3) is 0 Å². The summed E-state index contributed by atoms with van der Waals surface area (Å²) in [4.78, 5) is 4.63. The van der Waals surface area contributed by atoms with Gasteiger partial charge in [-0.2, -0.15) is 5.21 Å². The maximum absolute atomic E-state index is 5.87. The van der Waals surface area contributed by atoms with Crippen molar-refractivity contribution in [3.05, 3.63) is 96.2 Å². The number of nitrogens with zero attached hydrogens (tertiary/aromatic N) is 4. The van der Waals surface area contributed by atoms with Gasteiger partial charge in [-0.25, -0.2) is 4.98 Å². The molecule has 5 rings (SSSR count). The van der Waals surface area contributed by atoms with Crippen LogP contribution in [0.4, 0.5) is 0 Å². The Labute approximate surface area is 178 Å². The van der Waals surface area contributed by atoms with Crippen LogP contribution in [-0.4, -0.2) is 25.6 Å². The summed E-state index contributed by atoms with van der Waals surface area (Å²) in [6.45, 7) is 0.880. The normalized spacial score (nSPS) is 10.8. The van der Waals surface area contributed by atoms with Gasteiger partial charge in [0.1, 0.15) is 24.7 Å². The fourth-order valence-corrected chi connectivity index (χ4v) is 3.18. The summed E-state index contributed by atoms with van der Waals surface area (Å²) in [6, 6.07) is 27.6. The molecule has 0 fully saturated rings. The van der Waals surface area contributed by atoms with Crippen LogP contribution >= 0.6 is 0 Å². The molecule has 0 bridgehead atoms. The predicted molar refractivity (Wildman–Crippen MR) is 116 cm³/mol. The quantitative estimate of drug-likeness (QED) is 0.424. The van der Waals surface area contributed by atoms with Gasteiger partial charge in [0.2, 0.25) is 5.82 Å². The number of aromatic amines is 1. The molecule has 0 unspecified atom stereocenters. The molecule has 0 saturated heterocycles. The molecule has 3 aromatic carbocycles. The molecule has 7 heteroatoms. The fraction of sp³-hybridized carbons (Fsp3) is 0.0833. The number of nitrogens with one attached hydrogen (secondary N) is 1. The first-order chi connectivity index (χ1) is 15.3. The summed E-state index contributed by atoms with van der Waals surface area (Å²) in [5, 5.41) is 15.1. The van der Waals surface area contributed by atoms with Crippen molar-refractivity contribution in [1.29, 1.82) is 0 Å². The minimum Gasteiger partial charge on any atom is -0.489 e. The minimum atomic E-state index is 0.414. The van der Waals surface area contributed by atoms with Gasteiger partial charge in [-0.05, 0) is 47.2 Å². The van der Waals surface area contributed by atoms with Crippen molar-refractivity contribution in [1.82, 2.24) is 25.6 Å². The lowest BCUT2D eigenvalue weighted by Crippen LogP contribution is -1.99. The zero-order valence-electron chi connectivity index (χ0n) is 16.6. The van der Waals surface area contributed by atoms with Crippen molar-refractivity contribution in [2.45, 2.75) is 13.2 Å². The van der Waals surface area contributed by atoms with Crippen LogP contribution in [0.15, 0.2) is 84.9 Å². The van der Waals surface area contributed by atoms with E-state index < -0.39 is 0 Å². The van der Waals surface area contributed by atoms with E-state index in [0.29, 0.717) is 19.0 Å². The lowest BCUT2D eigenvalue weighted by atomic mass is 10.1. The standard InChI is InChI=1S/C24H19N5O2/c1-2-4-23-18(3-1)9-10-20(25-23)16-31-22-13-11-21(12-14-22)30-15-17-5-7-19(8-6-17)24-26-28-29-27-24/h1-14H,15-16H2,(H,26,27,28,29). The van der Waals surface area contributed by atoms with E-state index in [1.807, 2.05) is 78.9 Å². The second kappa shape index (κ2) is 8.62. The van der Waals surface area contributed by atoms with Gasteiger partial charge >= 0.3 is 0 Å². The molecule has 0 aliphatic carbocycles. The summed E-state index contributed by atoms with van der Waals surface area (Å²) in [7, 11) is 0. The number of fused-ring (bicyclic) bond motifs is 1. The maximum Gasteiger partial charge on any atom is 0.204 e. The Morgan fingerprint density at radius 2 is 1.45 bits per heavy atom. The fourth-order valence-electron chi connectivity index (χ4n) is 3.18. The van der Waals surface area contributed by atoms with Gasteiger partial charge < -0.3 is 9.47 Å². The molecule has 7 nitrogen and oxygen atoms in total. The molecule has 0 spiro atoms. The van der Waals surface area contributed by atoms with E-state index in [1.165, 1.54) is 0 Å². The topological polar surface area (TPSA) is 85.8 Å². The van der Waals surface area contributed by atoms with Crippen molar-refractivity contribution in [3.63, 3.8) is 0 Å². The molecule has 0 saturated carbocycles. The Hall–Kier alpha value is -4.26. The molecule has 0 atom stereocenters. The summed E-state index contributed by atoms with van der Waals surface area (Å²) in [5.41, 5.74) is 3.82. The second-order valence-corrected chi connectivity index (χ2v) is 6.98. The number of ether oxygens (including phenoxy) is 2. The van der Waals surface area contributed by atoms with Gasteiger partial charge in [0.15, 0.2) is 0 Å². The van der Waals surface area contributed by atoms with Crippen LogP contribution in [0.5, 0.6) is 11.5 Å². The van der Waals surface area contributed by atoms with Crippen molar-refractivity contribution in [3.8, 4) is 22.9 Å². The molecule has 2 aromatic heterocycles. The number of pyridine rings is 1. The Bertz CT molecular complexity index is 1270. The minimum absolute atomic E-state index is 0.414. The van der Waals surface area contributed by atoms with Crippen molar-refractivity contribution >= 4 is 10.9 Å². The zero-order valence-corrected chi connectivity index (χ0v) is 16.6. The third-order valence-electron chi connectivity index (χ3n) is 4.83. The van der Waals surface area contributed by atoms with Gasteiger partial charge in [-0.3, -0.25) is 0 Å². The van der Waals surface area contributed by atoms with Gasteiger partial charge in [0.05, 0.1) is 11.2 Å². The molecule has 5 aromatic rings. The Kier molecular flexibility index (Phi) is 5.22. The SMILES string of the molecule is c1ccc2nc(COc3ccc(OCc4ccc(-c5nn[nH]n5)cc4)cc3)ccc2c1. The molecule has 31 heavy (non-hydrogen) atoms. The number of H-pyrrole nitrogens is 1. The number of hydrogen-bond acceptors (Lipinski definition) is 6. The average molecular weight is 409 g/mol. The molecule has 0 aliphatic heterocycles. The monoisotopic (exact) mass is 409 g/mol. The molecule has 2 heterocycles. The summed E-state index contributed by atoms with van der Waals surface area (Å²) >= 11 is 0. The summed E-state index contributed by atoms with van der Waals surface area (Å²) < 4.78 is 11.7. The van der Waals surface area contributed by atoms with Crippen LogP contribution < -0.4 is 9.47 Å². The number of tetrazole rings is 1. The van der Waals surface area contributed by atoms with E-state index in [0.717, 1.165) is 39.2 Å². The third kappa shape index (κ3) is 4.51. The molecule has 0 amide bonds. The largest absolute Gasteiger partial charge is 0.489 e. The van der Waals surface area contributed by atoms with E-state index in [2.05, 4.69) is 31.7 Å². The maximum atomic E-state index is 5.87. The Morgan fingerprint density at radius 3 is 2.19 bits per heavy atom. The van der Waals surface area contributed by atoms with E-state index in [-0.39, 0.29) is 0 Å². The number of benzene rings is 3. The van der Waals surface area contributed by atoms with E-state index in [1.54, 1.807) is 0 Å². The number of para-hydroxylation sites is 1. The average Bonchev–Trinajstić information content (AvgIpc) is 3.37. The van der Waals surface area contributed by atoms with Gasteiger partial charge in [-0.15, -0.1) is 10.2 Å². The summed E-state index contributed by atoms with van der Waals surface area (Å²) in [6.07, 6.45) is 0. The highest BCUT2D eigenvalue weighted by Crippen LogP contribution is 2.21. The van der Waals surface area contributed by atoms with Crippen molar-refractivity contribution in [2.24, 2.45) is 0 Å². The molecular weight excluding hydrogens is 390 g/mol. The zero-order chi connectivity index (χ0) is 20.9. The Morgan fingerprint density at radius 1 is 0.710 bits per heavy atom. The molecule has 0 aliphatic rings. The van der Waals surface area contributed by atoms with Gasteiger partial charge in [0, 0.05) is 10.9 Å². The van der Waals surface area contributed by atoms with E-state index >= 15 is 0 Å². The molecule has 0 radical (unpaired) electrons. The summed E-state index contributed by atoms with van der Waals surface area (Å²) in [5.74, 6) is 2.12. The van der Waals surface area contributed by atoms with Crippen molar-refractivity contribution < 1.29 is 9.47 Å². The molecular formula is C24H19N5O2. The molecule has 1 N–H and O–H groups in total. The first-order valence-corrected chi connectivity index (χ1v) is 9.87. The first kappa shape index (κ1) is 18.7. The highest BCUT2D eigenvalue weighted by Gasteiger charge is 2.04. The smallest absolute Gasteiger partial charge is 0.204 e. The van der Waals surface area contributed by atoms with Crippen LogP contribution in [0.2, 0.25) is 0 Å². The van der Waals surface area contributed by atoms with Crippen LogP contribution in [-0.2, 0) is 13.2 Å². The molecule has 152 valence electrons. The number of aromatic nitrogens is 5. The van der Waals surface area contributed by atoms with Crippen LogP contribution in [0.1, 0.15) is 11.3 Å². The third-order valence-corrected chi connectivity index (χ3v) is 4.83. The second-order valence-electron chi connectivity index (χ2n) is 6.98. The highest BCUT2D eigenvalue weighted by molar-refractivity contribution is 5.78. The predicted octanol–water partition coefficient (Wildman–Crippen LogP) is 4.57. The van der Waals surface area contributed by atoms with Crippen LogP contribution in [0, 0.1) is 0 Å². The lowest BCUT2D eigenvalue weighted by molar-refractivity contribution is 0.295. The first-order valence-electron chi connectivity index (χ1n) is 9.87. The van der Waals surface area contributed by atoms with Crippen LogP contribution in [0.25, 0.3) is 22.3 Å². The van der Waals surface area contributed by atoms with E-state index in [4.69, 9.17) is 9.47 Å². The number of rotatable bonds is 7. The van der Waals surface area contributed by atoms with Crippen LogP contribution in [0.3, 0.4) is 0 Å². The Balaban J connectivity index is 1.15. The van der Waals surface area contributed by atoms with E-state index in [9.17, 15) is 0 Å².